The number of aromatic nitrogens is 4. The fourth-order valence-electron chi connectivity index (χ4n) is 5.08. The summed E-state index contributed by atoms with van der Waals surface area (Å²) in [6, 6.07) is 16.4. The molecule has 0 bridgehead atoms. The molecule has 0 saturated carbocycles. The first-order valence-corrected chi connectivity index (χ1v) is 14.2. The van der Waals surface area contributed by atoms with Gasteiger partial charge in [-0.1, -0.05) is 19.9 Å². The summed E-state index contributed by atoms with van der Waals surface area (Å²) in [5.74, 6) is 1.51. The van der Waals surface area contributed by atoms with Crippen LogP contribution in [0.25, 0.3) is 16.9 Å². The van der Waals surface area contributed by atoms with Crippen LogP contribution >= 0.6 is 0 Å². The van der Waals surface area contributed by atoms with E-state index in [1.165, 1.54) is 5.69 Å². The zero-order valence-corrected chi connectivity index (χ0v) is 24.6. The first-order valence-electron chi connectivity index (χ1n) is 14.2. The largest absolute Gasteiger partial charge is 0.384 e. The van der Waals surface area contributed by atoms with E-state index in [0.29, 0.717) is 11.6 Å². The Labute approximate surface area is 237 Å². The van der Waals surface area contributed by atoms with Gasteiger partial charge in [-0.2, -0.15) is 4.98 Å². The molecule has 4 heterocycles. The fraction of sp³-hybridized carbons (Fsp3) is 0.452. The van der Waals surface area contributed by atoms with E-state index in [-0.39, 0.29) is 5.92 Å². The number of pyridine rings is 1. The van der Waals surface area contributed by atoms with Crippen molar-refractivity contribution < 1.29 is 5.11 Å². The Morgan fingerprint density at radius 3 is 2.38 bits per heavy atom. The van der Waals surface area contributed by atoms with Gasteiger partial charge in [0.25, 0.3) is 0 Å². The Bertz CT molecular complexity index is 1430. The van der Waals surface area contributed by atoms with E-state index in [0.717, 1.165) is 67.5 Å². The minimum atomic E-state index is -1.04. The van der Waals surface area contributed by atoms with Crippen LogP contribution in [0.1, 0.15) is 45.0 Å². The van der Waals surface area contributed by atoms with E-state index in [1.54, 1.807) is 13.8 Å². The zero-order chi connectivity index (χ0) is 28.4. The SMILES string of the molecule is CC(C)c1cc2cnc(Nc3ccc(N4CCN(CCN(C)C)CC4)cc3)nc2n1-c1cccc(C(C)(C)O)n1. The minimum Gasteiger partial charge on any atom is -0.384 e. The number of hydrogen-bond acceptors (Lipinski definition) is 8. The number of nitrogens with zero attached hydrogens (tertiary/aromatic N) is 7. The molecule has 0 unspecified atom stereocenters. The third kappa shape index (κ3) is 6.27. The molecule has 1 aliphatic heterocycles. The van der Waals surface area contributed by atoms with Crippen molar-refractivity contribution >= 4 is 28.4 Å². The Hall–Kier alpha value is -3.53. The minimum absolute atomic E-state index is 0.251. The summed E-state index contributed by atoms with van der Waals surface area (Å²) in [6.07, 6.45) is 1.86. The van der Waals surface area contributed by atoms with Crippen molar-refractivity contribution in [1.82, 2.24) is 29.3 Å². The van der Waals surface area contributed by atoms with Crippen molar-refractivity contribution in [3.8, 4) is 5.82 Å². The lowest BCUT2D eigenvalue weighted by Gasteiger charge is -2.36. The van der Waals surface area contributed by atoms with Gasteiger partial charge < -0.3 is 20.2 Å². The van der Waals surface area contributed by atoms with Crippen molar-refractivity contribution in [2.45, 2.75) is 39.2 Å². The van der Waals surface area contributed by atoms with Crippen LogP contribution in [0.15, 0.2) is 54.7 Å². The normalized spacial score (nSPS) is 15.0. The number of likely N-dealkylation sites (N-methyl/N-ethyl adjacent to an activating group) is 1. The Kier molecular flexibility index (Phi) is 8.07. The van der Waals surface area contributed by atoms with Crippen molar-refractivity contribution in [2.24, 2.45) is 0 Å². The van der Waals surface area contributed by atoms with Gasteiger partial charge in [-0.15, -0.1) is 0 Å². The second kappa shape index (κ2) is 11.5. The van der Waals surface area contributed by atoms with Crippen molar-refractivity contribution in [3.63, 3.8) is 0 Å². The van der Waals surface area contributed by atoms with Gasteiger partial charge >= 0.3 is 0 Å². The van der Waals surface area contributed by atoms with Gasteiger partial charge in [0.2, 0.25) is 5.95 Å². The van der Waals surface area contributed by atoms with Crippen LogP contribution in [0.4, 0.5) is 17.3 Å². The molecule has 212 valence electrons. The maximum absolute atomic E-state index is 10.6. The molecule has 1 fully saturated rings. The zero-order valence-electron chi connectivity index (χ0n) is 24.6. The van der Waals surface area contributed by atoms with Gasteiger partial charge in [0.15, 0.2) is 5.65 Å². The second-order valence-corrected chi connectivity index (χ2v) is 11.8. The first kappa shape index (κ1) is 28.0. The average Bonchev–Trinajstić information content (AvgIpc) is 3.32. The van der Waals surface area contributed by atoms with Crippen molar-refractivity contribution in [2.75, 3.05) is 63.6 Å². The fourth-order valence-corrected chi connectivity index (χ4v) is 5.08. The second-order valence-electron chi connectivity index (χ2n) is 11.8. The third-order valence-electron chi connectivity index (χ3n) is 7.48. The van der Waals surface area contributed by atoms with Crippen LogP contribution in [-0.2, 0) is 5.60 Å². The lowest BCUT2D eigenvalue weighted by molar-refractivity contribution is 0.0738. The Morgan fingerprint density at radius 2 is 1.73 bits per heavy atom. The lowest BCUT2D eigenvalue weighted by atomic mass is 10.1. The Morgan fingerprint density at radius 1 is 1.00 bits per heavy atom. The number of piperazine rings is 1. The predicted octanol–water partition coefficient (Wildman–Crippen LogP) is 4.59. The van der Waals surface area contributed by atoms with Gasteiger partial charge in [0.05, 0.1) is 5.69 Å². The number of nitrogens with one attached hydrogen (secondary N) is 1. The molecule has 4 aromatic rings. The summed E-state index contributed by atoms with van der Waals surface area (Å²) in [5.41, 5.74) is 3.63. The molecular weight excluding hydrogens is 500 g/mol. The molecule has 1 aliphatic rings. The molecule has 2 N–H and O–H groups in total. The van der Waals surface area contributed by atoms with Crippen LogP contribution in [0, 0.1) is 0 Å². The van der Waals surface area contributed by atoms with E-state index in [2.05, 4.69) is 87.8 Å². The van der Waals surface area contributed by atoms with Crippen LogP contribution in [0.2, 0.25) is 0 Å². The molecule has 5 rings (SSSR count). The molecule has 0 spiro atoms. The van der Waals surface area contributed by atoms with E-state index in [9.17, 15) is 5.11 Å². The summed E-state index contributed by atoms with van der Waals surface area (Å²) in [7, 11) is 4.26. The quantitative estimate of drug-likeness (QED) is 0.318. The number of benzene rings is 1. The number of fused-ring (bicyclic) bond motifs is 1. The molecular formula is C31H42N8O. The first-order chi connectivity index (χ1) is 19.1. The van der Waals surface area contributed by atoms with Gasteiger partial charge in [0, 0.05) is 67.9 Å². The standard InChI is InChI=1S/C31H42N8O/c1-22(2)26-20-23-21-32-30(35-29(23)39(26)28-9-7-8-27(34-28)31(3,4)40)33-24-10-12-25(13-11-24)38-18-16-37(17-19-38)15-14-36(5)6/h7-13,20-22,40H,14-19H2,1-6H3,(H,32,33,35). The molecule has 9 heteroatoms. The summed E-state index contributed by atoms with van der Waals surface area (Å²) >= 11 is 0. The number of anilines is 3. The van der Waals surface area contributed by atoms with Crippen LogP contribution in [0.5, 0.6) is 0 Å². The average molecular weight is 543 g/mol. The molecule has 0 radical (unpaired) electrons. The maximum atomic E-state index is 10.6. The number of hydrogen-bond donors (Lipinski definition) is 2. The van der Waals surface area contributed by atoms with Crippen molar-refractivity contribution in [3.05, 3.63) is 66.1 Å². The highest BCUT2D eigenvalue weighted by molar-refractivity contribution is 5.80. The summed E-state index contributed by atoms with van der Waals surface area (Å²) in [5, 5.41) is 14.9. The van der Waals surface area contributed by atoms with E-state index in [1.807, 2.05) is 24.4 Å². The molecule has 0 atom stereocenters. The third-order valence-corrected chi connectivity index (χ3v) is 7.48. The van der Waals surface area contributed by atoms with Gasteiger partial charge in [-0.05, 0) is 76.3 Å². The summed E-state index contributed by atoms with van der Waals surface area (Å²) in [4.78, 5) is 21.5. The van der Waals surface area contributed by atoms with E-state index >= 15 is 0 Å². The van der Waals surface area contributed by atoms with Crippen LogP contribution < -0.4 is 10.2 Å². The smallest absolute Gasteiger partial charge is 0.229 e. The van der Waals surface area contributed by atoms with Gasteiger partial charge in [-0.3, -0.25) is 9.47 Å². The highest BCUT2D eigenvalue weighted by Crippen LogP contribution is 2.29. The van der Waals surface area contributed by atoms with E-state index in [4.69, 9.17) is 9.97 Å². The molecule has 1 saturated heterocycles. The van der Waals surface area contributed by atoms with Gasteiger partial charge in [0.1, 0.15) is 11.4 Å². The number of aliphatic hydroxyl groups is 1. The molecule has 3 aromatic heterocycles. The highest BCUT2D eigenvalue weighted by atomic mass is 16.3. The molecule has 0 amide bonds. The topological polar surface area (TPSA) is 85.6 Å². The molecule has 9 nitrogen and oxygen atoms in total. The molecule has 1 aromatic carbocycles. The molecule has 0 aliphatic carbocycles. The monoisotopic (exact) mass is 542 g/mol. The Balaban J connectivity index is 1.35. The number of rotatable bonds is 9. The highest BCUT2D eigenvalue weighted by Gasteiger charge is 2.21. The van der Waals surface area contributed by atoms with Crippen LogP contribution in [0.3, 0.4) is 0 Å². The van der Waals surface area contributed by atoms with Crippen LogP contribution in [-0.4, -0.2) is 87.8 Å². The lowest BCUT2D eigenvalue weighted by Crippen LogP contribution is -2.48. The summed E-state index contributed by atoms with van der Waals surface area (Å²) in [6.45, 7) is 14.3. The van der Waals surface area contributed by atoms with Gasteiger partial charge in [-0.25, -0.2) is 9.97 Å². The summed E-state index contributed by atoms with van der Waals surface area (Å²) < 4.78 is 2.07. The maximum Gasteiger partial charge on any atom is 0.229 e. The predicted molar refractivity (Wildman–Crippen MR) is 163 cm³/mol. The molecule has 40 heavy (non-hydrogen) atoms. The van der Waals surface area contributed by atoms with E-state index < -0.39 is 5.60 Å². The van der Waals surface area contributed by atoms with Crippen molar-refractivity contribution in [1.29, 1.82) is 0 Å².